The van der Waals surface area contributed by atoms with Gasteiger partial charge in [-0.15, -0.1) is 0 Å². The van der Waals surface area contributed by atoms with Crippen molar-refractivity contribution in [1.29, 1.82) is 0 Å². The Hall–Kier alpha value is -1.61. The van der Waals surface area contributed by atoms with Crippen molar-refractivity contribution in [3.05, 3.63) is 41.2 Å². The number of aromatic nitrogens is 2. The Labute approximate surface area is 122 Å². The molecular weight excluding hydrogens is 246 g/mol. The highest BCUT2D eigenvalue weighted by Gasteiger charge is 2.23. The van der Waals surface area contributed by atoms with E-state index in [9.17, 15) is 0 Å². The molecule has 0 amide bonds. The van der Waals surface area contributed by atoms with Crippen LogP contribution in [-0.2, 0) is 19.0 Å². The topological polar surface area (TPSA) is 29.9 Å². The van der Waals surface area contributed by atoms with Crippen LogP contribution in [0.2, 0.25) is 0 Å². The third-order valence-corrected chi connectivity index (χ3v) is 3.46. The summed E-state index contributed by atoms with van der Waals surface area (Å²) < 4.78 is 1.92. The molecule has 1 N–H and O–H groups in total. The molecule has 0 aliphatic heterocycles. The normalized spacial score (nSPS) is 11.9. The fourth-order valence-corrected chi connectivity index (χ4v) is 2.53. The molecule has 108 valence electrons. The Kier molecular flexibility index (Phi) is 4.00. The van der Waals surface area contributed by atoms with Crippen molar-refractivity contribution in [2.24, 2.45) is 7.05 Å². The molecule has 3 nitrogen and oxygen atoms in total. The lowest BCUT2D eigenvalue weighted by molar-refractivity contribution is 0.554. The number of hydrogen-bond acceptors (Lipinski definition) is 2. The summed E-state index contributed by atoms with van der Waals surface area (Å²) in [5.41, 5.74) is 6.33. The summed E-state index contributed by atoms with van der Waals surface area (Å²) in [6.45, 7) is 9.65. The van der Waals surface area contributed by atoms with E-state index in [1.807, 2.05) is 18.8 Å². The molecule has 0 radical (unpaired) electrons. The van der Waals surface area contributed by atoms with Gasteiger partial charge in [0, 0.05) is 30.8 Å². The van der Waals surface area contributed by atoms with Gasteiger partial charge in [-0.25, -0.2) is 0 Å². The predicted octanol–water partition coefficient (Wildman–Crippen LogP) is 3.41. The first kappa shape index (κ1) is 14.8. The van der Waals surface area contributed by atoms with Crippen molar-refractivity contribution in [3.8, 4) is 11.1 Å². The monoisotopic (exact) mass is 271 g/mol. The van der Waals surface area contributed by atoms with Crippen molar-refractivity contribution in [3.63, 3.8) is 0 Å². The highest BCUT2D eigenvalue weighted by Crippen LogP contribution is 2.34. The Morgan fingerprint density at radius 3 is 2.50 bits per heavy atom. The largest absolute Gasteiger partial charge is 0.316 e. The summed E-state index contributed by atoms with van der Waals surface area (Å²) in [6.07, 6.45) is 2.13. The van der Waals surface area contributed by atoms with Gasteiger partial charge in [0.25, 0.3) is 0 Å². The number of nitrogens with one attached hydrogen (secondary N) is 1. The molecule has 0 bridgehead atoms. The van der Waals surface area contributed by atoms with Crippen LogP contribution in [0.25, 0.3) is 11.1 Å². The van der Waals surface area contributed by atoms with E-state index in [1.54, 1.807) is 0 Å². The third-order valence-electron chi connectivity index (χ3n) is 3.46. The lowest BCUT2D eigenvalue weighted by atomic mass is 9.86. The average molecular weight is 271 g/mol. The molecule has 0 aliphatic rings. The molecule has 0 spiro atoms. The highest BCUT2D eigenvalue weighted by molar-refractivity contribution is 5.71. The molecule has 2 aromatic rings. The molecule has 0 saturated carbocycles. The van der Waals surface area contributed by atoms with Gasteiger partial charge in [-0.05, 0) is 25.1 Å². The Bertz CT molecular complexity index is 603. The van der Waals surface area contributed by atoms with Crippen LogP contribution >= 0.6 is 0 Å². The summed E-state index contributed by atoms with van der Waals surface area (Å²) in [5, 5.41) is 7.94. The fraction of sp³-hybridized carbons (Fsp3) is 0.471. The lowest BCUT2D eigenvalue weighted by Crippen LogP contribution is -2.14. The molecule has 1 aromatic heterocycles. The number of rotatable bonds is 3. The average Bonchev–Trinajstić information content (AvgIpc) is 2.74. The van der Waals surface area contributed by atoms with E-state index >= 15 is 0 Å². The maximum absolute atomic E-state index is 4.69. The van der Waals surface area contributed by atoms with Gasteiger partial charge in [-0.1, -0.05) is 44.5 Å². The van der Waals surface area contributed by atoms with Gasteiger partial charge in [-0.2, -0.15) is 5.10 Å². The second-order valence-electron chi connectivity index (χ2n) is 6.51. The summed E-state index contributed by atoms with van der Waals surface area (Å²) >= 11 is 0. The van der Waals surface area contributed by atoms with Crippen molar-refractivity contribution in [2.45, 2.75) is 39.7 Å². The molecule has 0 fully saturated rings. The van der Waals surface area contributed by atoms with Crippen molar-refractivity contribution in [1.82, 2.24) is 15.1 Å². The van der Waals surface area contributed by atoms with Crippen LogP contribution in [0.5, 0.6) is 0 Å². The van der Waals surface area contributed by atoms with Crippen molar-refractivity contribution >= 4 is 0 Å². The predicted molar refractivity (Wildman–Crippen MR) is 84.8 cm³/mol. The van der Waals surface area contributed by atoms with E-state index in [0.717, 1.165) is 12.2 Å². The van der Waals surface area contributed by atoms with Crippen LogP contribution in [-0.4, -0.2) is 16.8 Å². The van der Waals surface area contributed by atoms with Gasteiger partial charge < -0.3 is 5.32 Å². The van der Waals surface area contributed by atoms with E-state index in [-0.39, 0.29) is 5.41 Å². The Morgan fingerprint density at radius 2 is 1.90 bits per heavy atom. The molecule has 1 aromatic carbocycles. The minimum atomic E-state index is 0.0389. The van der Waals surface area contributed by atoms with Gasteiger partial charge >= 0.3 is 0 Å². The summed E-state index contributed by atoms with van der Waals surface area (Å²) in [5.74, 6) is 0. The zero-order valence-corrected chi connectivity index (χ0v) is 13.4. The van der Waals surface area contributed by atoms with Gasteiger partial charge in [0.2, 0.25) is 0 Å². The Balaban J connectivity index is 2.65. The van der Waals surface area contributed by atoms with Crippen molar-refractivity contribution < 1.29 is 0 Å². The van der Waals surface area contributed by atoms with E-state index in [1.165, 1.54) is 22.3 Å². The zero-order chi connectivity index (χ0) is 14.9. The number of nitrogens with zero attached hydrogens (tertiary/aromatic N) is 2. The van der Waals surface area contributed by atoms with Crippen LogP contribution in [0.3, 0.4) is 0 Å². The maximum Gasteiger partial charge on any atom is 0.0756 e. The molecule has 0 unspecified atom stereocenters. The molecular formula is C17H25N3. The van der Waals surface area contributed by atoms with Crippen molar-refractivity contribution in [2.75, 3.05) is 7.05 Å². The second kappa shape index (κ2) is 5.41. The number of benzene rings is 1. The first-order chi connectivity index (χ1) is 9.32. The zero-order valence-electron chi connectivity index (χ0n) is 13.4. The highest BCUT2D eigenvalue weighted by atomic mass is 15.3. The number of hydrogen-bond donors (Lipinski definition) is 1. The minimum absolute atomic E-state index is 0.0389. The van der Waals surface area contributed by atoms with E-state index in [4.69, 9.17) is 0 Å². The Morgan fingerprint density at radius 1 is 1.20 bits per heavy atom. The van der Waals surface area contributed by atoms with Crippen LogP contribution in [0.15, 0.2) is 24.4 Å². The lowest BCUT2D eigenvalue weighted by Gasteiger charge is -2.19. The van der Waals surface area contributed by atoms with E-state index in [0.29, 0.717) is 0 Å². The third kappa shape index (κ3) is 2.93. The quantitative estimate of drug-likeness (QED) is 0.927. The summed E-state index contributed by atoms with van der Waals surface area (Å²) in [7, 11) is 3.98. The minimum Gasteiger partial charge on any atom is -0.316 e. The van der Waals surface area contributed by atoms with Crippen LogP contribution in [0, 0.1) is 6.92 Å². The van der Waals surface area contributed by atoms with Gasteiger partial charge in [0.05, 0.1) is 5.69 Å². The molecule has 0 saturated heterocycles. The van der Waals surface area contributed by atoms with E-state index < -0.39 is 0 Å². The van der Waals surface area contributed by atoms with Crippen LogP contribution in [0.1, 0.15) is 37.6 Å². The van der Waals surface area contributed by atoms with E-state index in [2.05, 4.69) is 62.5 Å². The van der Waals surface area contributed by atoms with Gasteiger partial charge in [0.1, 0.15) is 0 Å². The molecule has 20 heavy (non-hydrogen) atoms. The van der Waals surface area contributed by atoms with Gasteiger partial charge in [-0.3, -0.25) is 4.68 Å². The maximum atomic E-state index is 4.69. The van der Waals surface area contributed by atoms with Gasteiger partial charge in [0.15, 0.2) is 0 Å². The summed E-state index contributed by atoms with van der Waals surface area (Å²) in [4.78, 5) is 0. The van der Waals surface area contributed by atoms with Crippen LogP contribution in [0.4, 0.5) is 0 Å². The smallest absolute Gasteiger partial charge is 0.0756 e. The molecule has 3 heteroatoms. The molecule has 1 heterocycles. The van der Waals surface area contributed by atoms with Crippen LogP contribution < -0.4 is 5.32 Å². The fourth-order valence-electron chi connectivity index (χ4n) is 2.53. The second-order valence-corrected chi connectivity index (χ2v) is 6.51. The molecule has 2 rings (SSSR count). The first-order valence-electron chi connectivity index (χ1n) is 7.11. The molecule has 0 aliphatic carbocycles. The first-order valence-corrected chi connectivity index (χ1v) is 7.11. The standard InChI is InChI=1S/C17H25N3/c1-12-7-8-13(10-18-5)14(9-12)15-11-20(6)19-16(15)17(2,3)4/h7-9,11,18H,10H2,1-6H3. The molecule has 0 atom stereocenters. The SMILES string of the molecule is CNCc1ccc(C)cc1-c1cn(C)nc1C(C)(C)C. The number of aryl methyl sites for hydroxylation is 2. The summed E-state index contributed by atoms with van der Waals surface area (Å²) in [6, 6.07) is 6.64.